The Hall–Kier alpha value is -2.29. The van der Waals surface area contributed by atoms with E-state index in [0.29, 0.717) is 25.2 Å². The summed E-state index contributed by atoms with van der Waals surface area (Å²) in [4.78, 5) is 16.9. The fourth-order valence-electron chi connectivity index (χ4n) is 3.13. The van der Waals surface area contributed by atoms with Gasteiger partial charge in [0.1, 0.15) is 5.75 Å². The van der Waals surface area contributed by atoms with E-state index in [2.05, 4.69) is 22.0 Å². The maximum atomic E-state index is 12.2. The molecule has 2 aromatic carbocycles. The second kappa shape index (κ2) is 14.0. The van der Waals surface area contributed by atoms with Gasteiger partial charge in [0.25, 0.3) is 5.91 Å². The fourth-order valence-corrected chi connectivity index (χ4v) is 3.13. The molecule has 1 amide bonds. The van der Waals surface area contributed by atoms with E-state index in [1.54, 1.807) is 0 Å². The molecule has 7 heteroatoms. The Kier molecular flexibility index (Phi) is 11.3. The van der Waals surface area contributed by atoms with Crippen LogP contribution < -0.4 is 20.7 Å². The number of hydrogen-bond acceptors (Lipinski definition) is 3. The topological polar surface area (TPSA) is 74.8 Å². The van der Waals surface area contributed by atoms with E-state index < -0.39 is 0 Å². The molecule has 1 aliphatic rings. The van der Waals surface area contributed by atoms with Gasteiger partial charge in [0, 0.05) is 30.8 Å². The lowest BCUT2D eigenvalue weighted by Gasteiger charge is -2.14. The molecule has 1 saturated carbocycles. The SMILES string of the molecule is CCCNC(=O)c1cccc(CN=C(NCC)NCc2ccccc2OCC2CC2)c1.I. The lowest BCUT2D eigenvalue weighted by Crippen LogP contribution is -2.36. The highest BCUT2D eigenvalue weighted by atomic mass is 127. The van der Waals surface area contributed by atoms with Crippen LogP contribution >= 0.6 is 24.0 Å². The number of halogens is 1. The van der Waals surface area contributed by atoms with E-state index in [4.69, 9.17) is 9.73 Å². The monoisotopic (exact) mass is 550 g/mol. The average Bonchev–Trinajstić information content (AvgIpc) is 3.63. The van der Waals surface area contributed by atoms with Crippen LogP contribution in [-0.4, -0.2) is 31.6 Å². The minimum Gasteiger partial charge on any atom is -0.493 e. The fraction of sp³-hybridized carbons (Fsp3) is 0.440. The number of aliphatic imine (C=N–C) groups is 1. The van der Waals surface area contributed by atoms with Crippen molar-refractivity contribution in [1.82, 2.24) is 16.0 Å². The van der Waals surface area contributed by atoms with E-state index in [-0.39, 0.29) is 29.9 Å². The molecule has 0 aromatic heterocycles. The number of carbonyl (C=O) groups excluding carboxylic acids is 1. The summed E-state index contributed by atoms with van der Waals surface area (Å²) in [6.07, 6.45) is 3.47. The molecule has 3 rings (SSSR count). The first-order valence-corrected chi connectivity index (χ1v) is 11.3. The van der Waals surface area contributed by atoms with Crippen LogP contribution in [-0.2, 0) is 13.1 Å². The Bertz CT molecular complexity index is 884. The number of carbonyl (C=O) groups is 1. The second-order valence-corrected chi connectivity index (χ2v) is 7.87. The van der Waals surface area contributed by atoms with Crippen LogP contribution in [0.4, 0.5) is 0 Å². The van der Waals surface area contributed by atoms with Crippen LogP contribution in [0.1, 0.15) is 54.6 Å². The molecule has 0 heterocycles. The van der Waals surface area contributed by atoms with Gasteiger partial charge in [0.05, 0.1) is 13.2 Å². The molecule has 0 saturated heterocycles. The molecular weight excluding hydrogens is 515 g/mol. The van der Waals surface area contributed by atoms with Gasteiger partial charge >= 0.3 is 0 Å². The predicted molar refractivity (Wildman–Crippen MR) is 141 cm³/mol. The number of nitrogens with zero attached hydrogens (tertiary/aromatic N) is 1. The molecule has 0 unspecified atom stereocenters. The van der Waals surface area contributed by atoms with E-state index in [1.807, 2.05) is 56.3 Å². The maximum Gasteiger partial charge on any atom is 0.251 e. The Labute approximate surface area is 208 Å². The molecular formula is C25H35IN4O2. The van der Waals surface area contributed by atoms with Gasteiger partial charge in [-0.2, -0.15) is 0 Å². The van der Waals surface area contributed by atoms with Gasteiger partial charge in [-0.3, -0.25) is 4.79 Å². The van der Waals surface area contributed by atoms with Gasteiger partial charge in [-0.05, 0) is 55.9 Å². The number of para-hydroxylation sites is 1. The molecule has 174 valence electrons. The Balaban J connectivity index is 0.00000363. The Morgan fingerprint density at radius 3 is 2.62 bits per heavy atom. The molecule has 0 aliphatic heterocycles. The summed E-state index contributed by atoms with van der Waals surface area (Å²) < 4.78 is 6.01. The van der Waals surface area contributed by atoms with Crippen LogP contribution in [0.15, 0.2) is 53.5 Å². The number of ether oxygens (including phenoxy) is 1. The molecule has 0 radical (unpaired) electrons. The zero-order valence-electron chi connectivity index (χ0n) is 19.0. The van der Waals surface area contributed by atoms with Crippen molar-refractivity contribution in [2.24, 2.45) is 10.9 Å². The second-order valence-electron chi connectivity index (χ2n) is 7.87. The molecule has 6 nitrogen and oxygen atoms in total. The number of hydrogen-bond donors (Lipinski definition) is 3. The summed E-state index contributed by atoms with van der Waals surface area (Å²) in [5.74, 6) is 2.35. The van der Waals surface area contributed by atoms with Crippen LogP contribution in [0.25, 0.3) is 0 Å². The van der Waals surface area contributed by atoms with Gasteiger partial charge in [-0.25, -0.2) is 4.99 Å². The maximum absolute atomic E-state index is 12.2. The van der Waals surface area contributed by atoms with Crippen molar-refractivity contribution < 1.29 is 9.53 Å². The minimum atomic E-state index is -0.0412. The Morgan fingerprint density at radius 2 is 1.88 bits per heavy atom. The number of nitrogens with one attached hydrogen (secondary N) is 3. The predicted octanol–water partition coefficient (Wildman–Crippen LogP) is 4.49. The number of amides is 1. The molecule has 1 fully saturated rings. The molecule has 32 heavy (non-hydrogen) atoms. The minimum absolute atomic E-state index is 0. The van der Waals surface area contributed by atoms with Crippen molar-refractivity contribution in [2.45, 2.75) is 46.2 Å². The summed E-state index contributed by atoms with van der Waals surface area (Å²) >= 11 is 0. The van der Waals surface area contributed by atoms with Crippen molar-refractivity contribution in [3.8, 4) is 5.75 Å². The standard InChI is InChI=1S/C25H34N4O2.HI/c1-3-14-27-24(30)21-10-7-8-20(15-21)16-28-25(26-4-2)29-17-22-9-5-6-11-23(22)31-18-19-12-13-19;/h5-11,15,19H,3-4,12-14,16-18H2,1-2H3,(H,27,30)(H2,26,28,29);1H. The zero-order valence-corrected chi connectivity index (χ0v) is 21.4. The first-order valence-electron chi connectivity index (χ1n) is 11.3. The molecule has 1 aliphatic carbocycles. The first kappa shape index (κ1) is 26.0. The summed E-state index contributed by atoms with van der Waals surface area (Å²) in [5, 5.41) is 9.60. The van der Waals surface area contributed by atoms with Gasteiger partial charge in [0.2, 0.25) is 0 Å². The van der Waals surface area contributed by atoms with Gasteiger partial charge in [-0.1, -0.05) is 37.3 Å². The summed E-state index contributed by atoms with van der Waals surface area (Å²) in [5.41, 5.74) is 2.78. The smallest absolute Gasteiger partial charge is 0.251 e. The van der Waals surface area contributed by atoms with Crippen molar-refractivity contribution in [3.05, 3.63) is 65.2 Å². The van der Waals surface area contributed by atoms with E-state index >= 15 is 0 Å². The molecule has 0 atom stereocenters. The molecule has 3 N–H and O–H groups in total. The van der Waals surface area contributed by atoms with Crippen LogP contribution in [0, 0.1) is 5.92 Å². The summed E-state index contributed by atoms with van der Waals surface area (Å²) in [7, 11) is 0. The molecule has 0 bridgehead atoms. The van der Waals surface area contributed by atoms with E-state index in [9.17, 15) is 4.79 Å². The van der Waals surface area contributed by atoms with Gasteiger partial charge in [-0.15, -0.1) is 24.0 Å². The van der Waals surface area contributed by atoms with E-state index in [1.165, 1.54) is 12.8 Å². The van der Waals surface area contributed by atoms with E-state index in [0.717, 1.165) is 48.3 Å². The Morgan fingerprint density at radius 1 is 1.06 bits per heavy atom. The quantitative estimate of drug-likeness (QED) is 0.219. The summed E-state index contributed by atoms with van der Waals surface area (Å²) in [6, 6.07) is 15.8. The van der Waals surface area contributed by atoms with Crippen molar-refractivity contribution >= 4 is 35.8 Å². The number of rotatable bonds is 11. The van der Waals surface area contributed by atoms with Crippen molar-refractivity contribution in [3.63, 3.8) is 0 Å². The molecule has 2 aromatic rings. The lowest BCUT2D eigenvalue weighted by molar-refractivity contribution is 0.0953. The third kappa shape index (κ3) is 8.68. The third-order valence-electron chi connectivity index (χ3n) is 5.08. The zero-order chi connectivity index (χ0) is 21.9. The third-order valence-corrected chi connectivity index (χ3v) is 5.08. The molecule has 0 spiro atoms. The summed E-state index contributed by atoms with van der Waals surface area (Å²) in [6.45, 7) is 7.46. The lowest BCUT2D eigenvalue weighted by atomic mass is 10.1. The number of guanidine groups is 1. The van der Waals surface area contributed by atoms with Crippen LogP contribution in [0.5, 0.6) is 5.75 Å². The van der Waals surface area contributed by atoms with Crippen molar-refractivity contribution in [1.29, 1.82) is 0 Å². The highest BCUT2D eigenvalue weighted by Crippen LogP contribution is 2.30. The largest absolute Gasteiger partial charge is 0.493 e. The van der Waals surface area contributed by atoms with Gasteiger partial charge in [0.15, 0.2) is 5.96 Å². The highest BCUT2D eigenvalue weighted by Gasteiger charge is 2.22. The van der Waals surface area contributed by atoms with Crippen LogP contribution in [0.3, 0.4) is 0 Å². The van der Waals surface area contributed by atoms with Gasteiger partial charge < -0.3 is 20.7 Å². The average molecular weight is 550 g/mol. The highest BCUT2D eigenvalue weighted by molar-refractivity contribution is 14.0. The van der Waals surface area contributed by atoms with Crippen molar-refractivity contribution in [2.75, 3.05) is 19.7 Å². The van der Waals surface area contributed by atoms with Crippen LogP contribution in [0.2, 0.25) is 0 Å². The number of benzene rings is 2. The first-order chi connectivity index (χ1) is 15.2. The normalized spacial score (nSPS) is 13.1.